The van der Waals surface area contributed by atoms with Crippen LogP contribution in [0.1, 0.15) is 10.5 Å². The maximum atomic E-state index is 10.8. The van der Waals surface area contributed by atoms with Gasteiger partial charge in [0.2, 0.25) is 0 Å². The van der Waals surface area contributed by atoms with Gasteiger partial charge in [0, 0.05) is 17.6 Å². The highest BCUT2D eigenvalue weighted by Crippen LogP contribution is 2.30. The highest BCUT2D eigenvalue weighted by Gasteiger charge is 2.14. The molecule has 0 atom stereocenters. The number of carboxylic acids is 1. The smallest absolute Gasteiger partial charge is 0.356 e. The molecule has 1 N–H and O–H groups in total. The molecule has 0 saturated carbocycles. The van der Waals surface area contributed by atoms with E-state index in [4.69, 9.17) is 28.3 Å². The number of nitrogens with zero attached hydrogens (tertiary/aromatic N) is 2. The monoisotopic (exact) mass is 270 g/mol. The molecular formula is C11H8Cl2N2O2. The van der Waals surface area contributed by atoms with Gasteiger partial charge in [-0.2, -0.15) is 5.10 Å². The number of benzene rings is 1. The number of hydrogen-bond donors (Lipinski definition) is 1. The molecule has 4 nitrogen and oxygen atoms in total. The SMILES string of the molecule is Cn1nc(C(=O)O)cc1-c1cc(Cl)ccc1Cl. The van der Waals surface area contributed by atoms with Crippen LogP contribution in [0.15, 0.2) is 24.3 Å². The Morgan fingerprint density at radius 3 is 2.65 bits per heavy atom. The van der Waals surface area contributed by atoms with E-state index in [0.29, 0.717) is 21.3 Å². The lowest BCUT2D eigenvalue weighted by atomic mass is 10.1. The third-order valence-electron chi connectivity index (χ3n) is 2.30. The van der Waals surface area contributed by atoms with Crippen LogP contribution in [0.2, 0.25) is 10.0 Å². The minimum atomic E-state index is -1.08. The van der Waals surface area contributed by atoms with Crippen LogP contribution in [0.25, 0.3) is 11.3 Å². The standard InChI is InChI=1S/C11H8Cl2N2O2/c1-15-10(5-9(14-15)11(16)17)7-4-6(12)2-3-8(7)13/h2-5H,1H3,(H,16,17). The van der Waals surface area contributed by atoms with Crippen LogP contribution in [0.3, 0.4) is 0 Å². The zero-order valence-corrected chi connectivity index (χ0v) is 10.3. The molecule has 0 spiro atoms. The van der Waals surface area contributed by atoms with Crippen molar-refractivity contribution in [2.24, 2.45) is 7.05 Å². The summed E-state index contributed by atoms with van der Waals surface area (Å²) < 4.78 is 1.46. The number of hydrogen-bond acceptors (Lipinski definition) is 2. The molecule has 0 aliphatic heterocycles. The maximum Gasteiger partial charge on any atom is 0.356 e. The molecule has 2 rings (SSSR count). The van der Waals surface area contributed by atoms with Crippen molar-refractivity contribution in [3.05, 3.63) is 40.0 Å². The molecule has 1 aromatic carbocycles. The van der Waals surface area contributed by atoms with Crippen molar-refractivity contribution in [3.8, 4) is 11.3 Å². The fourth-order valence-electron chi connectivity index (χ4n) is 1.52. The van der Waals surface area contributed by atoms with Crippen LogP contribution in [-0.4, -0.2) is 20.9 Å². The minimum absolute atomic E-state index is 0.0291. The van der Waals surface area contributed by atoms with Gasteiger partial charge in [0.25, 0.3) is 0 Å². The summed E-state index contributed by atoms with van der Waals surface area (Å²) in [5.41, 5.74) is 1.23. The molecule has 6 heteroatoms. The summed E-state index contributed by atoms with van der Waals surface area (Å²) in [5, 5.41) is 13.8. The Morgan fingerprint density at radius 2 is 2.06 bits per heavy atom. The molecule has 0 bridgehead atoms. The van der Waals surface area contributed by atoms with Crippen LogP contribution in [0, 0.1) is 0 Å². The number of aryl methyl sites for hydroxylation is 1. The first-order chi connectivity index (χ1) is 7.99. The first-order valence-corrected chi connectivity index (χ1v) is 5.47. The molecule has 1 aromatic heterocycles. The summed E-state index contributed by atoms with van der Waals surface area (Å²) in [6.07, 6.45) is 0. The van der Waals surface area contributed by atoms with Crippen molar-refractivity contribution in [1.29, 1.82) is 0 Å². The zero-order chi connectivity index (χ0) is 12.6. The number of halogens is 2. The fraction of sp³-hybridized carbons (Fsp3) is 0.0909. The van der Waals surface area contributed by atoms with E-state index in [9.17, 15) is 4.79 Å². The Hall–Kier alpha value is -1.52. The molecule has 0 radical (unpaired) electrons. The molecule has 0 saturated heterocycles. The van der Waals surface area contributed by atoms with Gasteiger partial charge < -0.3 is 5.11 Å². The Morgan fingerprint density at radius 1 is 1.35 bits per heavy atom. The van der Waals surface area contributed by atoms with Crippen molar-refractivity contribution in [3.63, 3.8) is 0 Å². The summed E-state index contributed by atoms with van der Waals surface area (Å²) in [6.45, 7) is 0. The van der Waals surface area contributed by atoms with Crippen LogP contribution in [0.5, 0.6) is 0 Å². The van der Waals surface area contributed by atoms with E-state index in [2.05, 4.69) is 5.10 Å². The van der Waals surface area contributed by atoms with Crippen molar-refractivity contribution < 1.29 is 9.90 Å². The van der Waals surface area contributed by atoms with Crippen LogP contribution in [0.4, 0.5) is 0 Å². The molecule has 0 unspecified atom stereocenters. The number of aromatic carboxylic acids is 1. The van der Waals surface area contributed by atoms with E-state index >= 15 is 0 Å². The van der Waals surface area contributed by atoms with E-state index in [0.717, 1.165) is 0 Å². The molecule has 0 aliphatic rings. The van der Waals surface area contributed by atoms with Gasteiger partial charge in [-0.1, -0.05) is 23.2 Å². The molecule has 17 heavy (non-hydrogen) atoms. The molecule has 2 aromatic rings. The lowest BCUT2D eigenvalue weighted by molar-refractivity contribution is 0.0689. The van der Waals surface area contributed by atoms with E-state index in [-0.39, 0.29) is 5.69 Å². The molecule has 0 fully saturated rings. The summed E-state index contributed by atoms with van der Waals surface area (Å²) in [5.74, 6) is -1.08. The largest absolute Gasteiger partial charge is 0.476 e. The summed E-state index contributed by atoms with van der Waals surface area (Å²) >= 11 is 11.9. The van der Waals surface area contributed by atoms with Gasteiger partial charge in [-0.25, -0.2) is 4.79 Å². The van der Waals surface area contributed by atoms with Crippen LogP contribution < -0.4 is 0 Å². The van der Waals surface area contributed by atoms with Crippen LogP contribution in [-0.2, 0) is 7.05 Å². The van der Waals surface area contributed by atoms with E-state index < -0.39 is 5.97 Å². The summed E-state index contributed by atoms with van der Waals surface area (Å²) in [6, 6.07) is 6.46. The minimum Gasteiger partial charge on any atom is -0.476 e. The van der Waals surface area contributed by atoms with E-state index in [1.165, 1.54) is 10.7 Å². The lowest BCUT2D eigenvalue weighted by Gasteiger charge is -2.04. The third-order valence-corrected chi connectivity index (χ3v) is 2.87. The predicted molar refractivity (Wildman–Crippen MR) is 65.6 cm³/mol. The molecule has 0 amide bonds. The van der Waals surface area contributed by atoms with Crippen LogP contribution >= 0.6 is 23.2 Å². The van der Waals surface area contributed by atoms with Gasteiger partial charge in [0.15, 0.2) is 5.69 Å². The number of carbonyl (C=O) groups is 1. The van der Waals surface area contributed by atoms with Gasteiger partial charge in [-0.3, -0.25) is 4.68 Å². The number of rotatable bonds is 2. The molecular weight excluding hydrogens is 263 g/mol. The quantitative estimate of drug-likeness (QED) is 0.913. The average Bonchev–Trinajstić information content (AvgIpc) is 2.64. The van der Waals surface area contributed by atoms with E-state index in [1.54, 1.807) is 25.2 Å². The average molecular weight is 271 g/mol. The van der Waals surface area contributed by atoms with Gasteiger partial charge >= 0.3 is 5.97 Å². The second kappa shape index (κ2) is 4.39. The van der Waals surface area contributed by atoms with Gasteiger partial charge in [-0.05, 0) is 24.3 Å². The van der Waals surface area contributed by atoms with Gasteiger partial charge in [-0.15, -0.1) is 0 Å². The van der Waals surface area contributed by atoms with Gasteiger partial charge in [0.1, 0.15) is 0 Å². The molecule has 88 valence electrons. The van der Waals surface area contributed by atoms with Crippen molar-refractivity contribution >= 4 is 29.2 Å². The second-order valence-corrected chi connectivity index (χ2v) is 4.31. The van der Waals surface area contributed by atoms with Gasteiger partial charge in [0.05, 0.1) is 10.7 Å². The highest BCUT2D eigenvalue weighted by atomic mass is 35.5. The fourth-order valence-corrected chi connectivity index (χ4v) is 1.90. The lowest BCUT2D eigenvalue weighted by Crippen LogP contribution is -1.99. The number of aromatic nitrogens is 2. The Labute approximate surface area is 107 Å². The van der Waals surface area contributed by atoms with Crippen molar-refractivity contribution in [2.45, 2.75) is 0 Å². The third kappa shape index (κ3) is 2.28. The van der Waals surface area contributed by atoms with E-state index in [1.807, 2.05) is 0 Å². The Kier molecular flexibility index (Phi) is 3.09. The highest BCUT2D eigenvalue weighted by molar-refractivity contribution is 6.35. The number of carboxylic acid groups (broad SMARTS) is 1. The Balaban J connectivity index is 2.60. The first-order valence-electron chi connectivity index (χ1n) is 4.72. The van der Waals surface area contributed by atoms with Crippen molar-refractivity contribution in [2.75, 3.05) is 0 Å². The van der Waals surface area contributed by atoms with Crippen molar-refractivity contribution in [1.82, 2.24) is 9.78 Å². The second-order valence-electron chi connectivity index (χ2n) is 3.47. The first kappa shape index (κ1) is 12.0. The summed E-state index contributed by atoms with van der Waals surface area (Å²) in [4.78, 5) is 10.8. The maximum absolute atomic E-state index is 10.8. The predicted octanol–water partition coefficient (Wildman–Crippen LogP) is 3.09. The molecule has 0 aliphatic carbocycles. The molecule has 1 heterocycles. The summed E-state index contributed by atoms with van der Waals surface area (Å²) in [7, 11) is 1.65. The topological polar surface area (TPSA) is 55.1 Å². The normalized spacial score (nSPS) is 10.5. The Bertz CT molecular complexity index is 593. The zero-order valence-electron chi connectivity index (χ0n) is 8.82.